The van der Waals surface area contributed by atoms with Crippen LogP contribution >= 0.6 is 22.6 Å². The standard InChI is InChI=1S/C17H19IN2/c18-15-6-4-13(5-7-15)11-20(17-8-9-17)12-14-2-1-3-16(19)10-14/h1-7,10,17H,8-9,11-12,19H2. The molecule has 104 valence electrons. The van der Waals surface area contributed by atoms with Gasteiger partial charge in [-0.2, -0.15) is 0 Å². The molecular weight excluding hydrogens is 359 g/mol. The maximum atomic E-state index is 5.88. The van der Waals surface area contributed by atoms with E-state index in [-0.39, 0.29) is 0 Å². The van der Waals surface area contributed by atoms with Crippen LogP contribution in [0.25, 0.3) is 0 Å². The summed E-state index contributed by atoms with van der Waals surface area (Å²) >= 11 is 2.35. The Hall–Kier alpha value is -1.07. The molecule has 1 fully saturated rings. The van der Waals surface area contributed by atoms with Gasteiger partial charge in [0.1, 0.15) is 0 Å². The summed E-state index contributed by atoms with van der Waals surface area (Å²) in [5.74, 6) is 0. The smallest absolute Gasteiger partial charge is 0.0317 e. The number of rotatable bonds is 5. The molecule has 1 aliphatic carbocycles. The van der Waals surface area contributed by atoms with Gasteiger partial charge in [-0.3, -0.25) is 4.90 Å². The first-order chi connectivity index (χ1) is 9.70. The summed E-state index contributed by atoms with van der Waals surface area (Å²) in [6.07, 6.45) is 2.65. The average molecular weight is 378 g/mol. The molecule has 0 amide bonds. The molecule has 0 saturated heterocycles. The van der Waals surface area contributed by atoms with Crippen LogP contribution in [0.15, 0.2) is 48.5 Å². The van der Waals surface area contributed by atoms with Crippen molar-refractivity contribution in [3.05, 3.63) is 63.2 Å². The molecule has 0 aliphatic heterocycles. The first kappa shape index (κ1) is 13.9. The summed E-state index contributed by atoms with van der Waals surface area (Å²) in [4.78, 5) is 2.57. The second-order valence-electron chi connectivity index (χ2n) is 5.51. The predicted molar refractivity (Wildman–Crippen MR) is 92.3 cm³/mol. The minimum absolute atomic E-state index is 0.746. The van der Waals surface area contributed by atoms with Crippen molar-refractivity contribution in [2.24, 2.45) is 0 Å². The van der Waals surface area contributed by atoms with E-state index in [4.69, 9.17) is 5.73 Å². The van der Waals surface area contributed by atoms with E-state index in [1.165, 1.54) is 27.5 Å². The molecule has 0 unspecified atom stereocenters. The zero-order chi connectivity index (χ0) is 13.9. The Balaban J connectivity index is 1.71. The van der Waals surface area contributed by atoms with Gasteiger partial charge in [-0.15, -0.1) is 0 Å². The molecule has 1 saturated carbocycles. The minimum Gasteiger partial charge on any atom is -0.399 e. The SMILES string of the molecule is Nc1cccc(CN(Cc2ccc(I)cc2)C2CC2)c1. The molecule has 1 aliphatic rings. The Morgan fingerprint density at radius 3 is 2.35 bits per heavy atom. The molecule has 0 radical (unpaired) electrons. The van der Waals surface area contributed by atoms with E-state index in [9.17, 15) is 0 Å². The van der Waals surface area contributed by atoms with E-state index in [1.54, 1.807) is 0 Å². The van der Waals surface area contributed by atoms with Crippen molar-refractivity contribution in [1.82, 2.24) is 4.90 Å². The molecule has 3 rings (SSSR count). The second-order valence-corrected chi connectivity index (χ2v) is 6.75. The molecule has 2 N–H and O–H groups in total. The van der Waals surface area contributed by atoms with Gasteiger partial charge in [-0.25, -0.2) is 0 Å². The largest absolute Gasteiger partial charge is 0.399 e. The number of benzene rings is 2. The van der Waals surface area contributed by atoms with E-state index in [1.807, 2.05) is 12.1 Å². The number of nitrogens with two attached hydrogens (primary N) is 1. The van der Waals surface area contributed by atoms with E-state index < -0.39 is 0 Å². The molecule has 0 aromatic heterocycles. The van der Waals surface area contributed by atoms with Crippen molar-refractivity contribution in [3.8, 4) is 0 Å². The average Bonchev–Trinajstić information content (AvgIpc) is 3.25. The van der Waals surface area contributed by atoms with Gasteiger partial charge in [-0.1, -0.05) is 24.3 Å². The lowest BCUT2D eigenvalue weighted by Gasteiger charge is -2.22. The van der Waals surface area contributed by atoms with Crippen molar-refractivity contribution in [3.63, 3.8) is 0 Å². The maximum Gasteiger partial charge on any atom is 0.0317 e. The molecule has 20 heavy (non-hydrogen) atoms. The van der Waals surface area contributed by atoms with Gasteiger partial charge >= 0.3 is 0 Å². The lowest BCUT2D eigenvalue weighted by atomic mass is 10.1. The Labute approximate surface area is 134 Å². The Morgan fingerprint density at radius 2 is 1.70 bits per heavy atom. The highest BCUT2D eigenvalue weighted by Gasteiger charge is 2.28. The second kappa shape index (κ2) is 6.14. The van der Waals surface area contributed by atoms with Gasteiger partial charge < -0.3 is 5.73 Å². The molecule has 0 bridgehead atoms. The maximum absolute atomic E-state index is 5.88. The first-order valence-corrected chi connectivity index (χ1v) is 8.11. The van der Waals surface area contributed by atoms with Crippen LogP contribution in [0.4, 0.5) is 5.69 Å². The highest BCUT2D eigenvalue weighted by molar-refractivity contribution is 14.1. The molecule has 0 spiro atoms. The van der Waals surface area contributed by atoms with Crippen LogP contribution in [-0.2, 0) is 13.1 Å². The van der Waals surface area contributed by atoms with E-state index in [0.717, 1.165) is 24.8 Å². The highest BCUT2D eigenvalue weighted by Crippen LogP contribution is 2.30. The normalized spacial score (nSPS) is 14.7. The summed E-state index contributed by atoms with van der Waals surface area (Å²) in [7, 11) is 0. The predicted octanol–water partition coefficient (Wildman–Crippen LogP) is 4.04. The van der Waals surface area contributed by atoms with Crippen molar-refractivity contribution in [2.75, 3.05) is 5.73 Å². The Bertz CT molecular complexity index is 576. The molecule has 2 aromatic carbocycles. The minimum atomic E-state index is 0.746. The third-order valence-corrected chi connectivity index (χ3v) is 4.42. The lowest BCUT2D eigenvalue weighted by Crippen LogP contribution is -2.25. The Kier molecular flexibility index (Phi) is 4.27. The first-order valence-electron chi connectivity index (χ1n) is 7.03. The summed E-state index contributed by atoms with van der Waals surface area (Å²) in [6, 6.07) is 17.8. The van der Waals surface area contributed by atoms with Crippen LogP contribution in [0.5, 0.6) is 0 Å². The van der Waals surface area contributed by atoms with Crippen molar-refractivity contribution < 1.29 is 0 Å². The van der Waals surface area contributed by atoms with Gasteiger partial charge in [0, 0.05) is 28.4 Å². The van der Waals surface area contributed by atoms with Crippen LogP contribution in [0.2, 0.25) is 0 Å². The van der Waals surface area contributed by atoms with Crippen molar-refractivity contribution in [2.45, 2.75) is 32.0 Å². The fourth-order valence-electron chi connectivity index (χ4n) is 2.50. The third-order valence-electron chi connectivity index (χ3n) is 3.70. The van der Waals surface area contributed by atoms with E-state index >= 15 is 0 Å². The molecule has 0 heterocycles. The van der Waals surface area contributed by atoms with Crippen molar-refractivity contribution in [1.29, 1.82) is 0 Å². The molecule has 0 atom stereocenters. The van der Waals surface area contributed by atoms with Gasteiger partial charge in [-0.05, 0) is 70.8 Å². The fourth-order valence-corrected chi connectivity index (χ4v) is 2.86. The van der Waals surface area contributed by atoms with Gasteiger partial charge in [0.25, 0.3) is 0 Å². The van der Waals surface area contributed by atoms with Gasteiger partial charge in [0.15, 0.2) is 0 Å². The number of hydrogen-bond acceptors (Lipinski definition) is 2. The number of hydrogen-bond donors (Lipinski definition) is 1. The molecule has 3 heteroatoms. The third kappa shape index (κ3) is 3.73. The summed E-state index contributed by atoms with van der Waals surface area (Å²) in [5.41, 5.74) is 9.43. The van der Waals surface area contributed by atoms with E-state index in [2.05, 4.69) is 63.9 Å². The zero-order valence-corrected chi connectivity index (χ0v) is 13.6. The fraction of sp³-hybridized carbons (Fsp3) is 0.294. The van der Waals surface area contributed by atoms with Crippen LogP contribution in [-0.4, -0.2) is 10.9 Å². The summed E-state index contributed by atoms with van der Waals surface area (Å²) in [5, 5.41) is 0. The monoisotopic (exact) mass is 378 g/mol. The topological polar surface area (TPSA) is 29.3 Å². The van der Waals surface area contributed by atoms with E-state index in [0.29, 0.717) is 0 Å². The molecular formula is C17H19IN2. The van der Waals surface area contributed by atoms with Gasteiger partial charge in [0.2, 0.25) is 0 Å². The Morgan fingerprint density at radius 1 is 1.00 bits per heavy atom. The molecule has 2 aromatic rings. The van der Waals surface area contributed by atoms with Crippen LogP contribution in [0.3, 0.4) is 0 Å². The number of nitrogen functional groups attached to an aromatic ring is 1. The van der Waals surface area contributed by atoms with Crippen LogP contribution in [0.1, 0.15) is 24.0 Å². The summed E-state index contributed by atoms with van der Waals surface area (Å²) < 4.78 is 1.29. The number of anilines is 1. The quantitative estimate of drug-likeness (QED) is 0.629. The van der Waals surface area contributed by atoms with Crippen molar-refractivity contribution >= 4 is 28.3 Å². The van der Waals surface area contributed by atoms with Gasteiger partial charge in [0.05, 0.1) is 0 Å². The lowest BCUT2D eigenvalue weighted by molar-refractivity contribution is 0.246. The zero-order valence-electron chi connectivity index (χ0n) is 11.4. The number of halogens is 1. The van der Waals surface area contributed by atoms with Crippen LogP contribution < -0.4 is 5.73 Å². The number of nitrogens with zero attached hydrogens (tertiary/aromatic N) is 1. The highest BCUT2D eigenvalue weighted by atomic mass is 127. The van der Waals surface area contributed by atoms with Crippen LogP contribution in [0, 0.1) is 3.57 Å². The summed E-state index contributed by atoms with van der Waals surface area (Å²) in [6.45, 7) is 2.01. The molecule has 2 nitrogen and oxygen atoms in total.